The van der Waals surface area contributed by atoms with Gasteiger partial charge in [0.1, 0.15) is 5.52 Å². The molecule has 30 heavy (non-hydrogen) atoms. The molecule has 7 nitrogen and oxygen atoms in total. The van der Waals surface area contributed by atoms with Crippen LogP contribution in [-0.4, -0.2) is 20.0 Å². The number of benzene rings is 2. The lowest BCUT2D eigenvalue weighted by molar-refractivity contribution is 0.102. The summed E-state index contributed by atoms with van der Waals surface area (Å²) in [5.41, 5.74) is 2.09. The number of nitrogens with zero attached hydrogens (tertiary/aromatic N) is 2. The summed E-state index contributed by atoms with van der Waals surface area (Å²) in [7, 11) is 1.68. The van der Waals surface area contributed by atoms with E-state index in [9.17, 15) is 14.4 Å². The second-order valence-electron chi connectivity index (χ2n) is 7.10. The van der Waals surface area contributed by atoms with E-state index in [1.54, 1.807) is 23.9 Å². The number of amides is 1. The minimum atomic E-state index is -0.559. The maximum absolute atomic E-state index is 13.0. The number of aromatic amines is 1. The van der Waals surface area contributed by atoms with Crippen LogP contribution in [-0.2, 0) is 13.6 Å². The number of hydrogen-bond donors (Lipinski definition) is 2. The molecule has 0 atom stereocenters. The maximum Gasteiger partial charge on any atom is 0.329 e. The van der Waals surface area contributed by atoms with Crippen LogP contribution in [0.25, 0.3) is 11.0 Å². The number of carbonyl (C=O) groups excluding carboxylic acids is 1. The van der Waals surface area contributed by atoms with Gasteiger partial charge < -0.3 is 14.9 Å². The van der Waals surface area contributed by atoms with Crippen LogP contribution < -0.4 is 16.6 Å². The number of anilines is 1. The largest absolute Gasteiger partial charge is 0.344 e. The van der Waals surface area contributed by atoms with Gasteiger partial charge >= 0.3 is 5.69 Å². The predicted octanol–water partition coefficient (Wildman–Crippen LogP) is 3.40. The number of fused-ring (bicyclic) bond motifs is 1. The molecule has 4 aromatic rings. The van der Waals surface area contributed by atoms with Crippen LogP contribution in [0.1, 0.15) is 21.5 Å². The number of H-pyrrole nitrogens is 1. The highest BCUT2D eigenvalue weighted by atomic mass is 79.9. The van der Waals surface area contributed by atoms with E-state index >= 15 is 0 Å². The van der Waals surface area contributed by atoms with Crippen molar-refractivity contribution in [2.24, 2.45) is 7.05 Å². The van der Waals surface area contributed by atoms with Crippen molar-refractivity contribution in [2.75, 3.05) is 5.32 Å². The van der Waals surface area contributed by atoms with Crippen molar-refractivity contribution in [2.45, 2.75) is 13.5 Å². The van der Waals surface area contributed by atoms with Crippen LogP contribution in [0.15, 0.2) is 68.8 Å². The molecule has 0 spiro atoms. The van der Waals surface area contributed by atoms with Gasteiger partial charge in [-0.1, -0.05) is 46.3 Å². The molecule has 0 fully saturated rings. The molecule has 2 aromatic carbocycles. The first-order valence-electron chi connectivity index (χ1n) is 9.28. The molecule has 0 saturated carbocycles. The molecule has 1 amide bonds. The fourth-order valence-electron chi connectivity index (χ4n) is 3.44. The zero-order chi connectivity index (χ0) is 21.4. The van der Waals surface area contributed by atoms with E-state index in [1.165, 1.54) is 0 Å². The van der Waals surface area contributed by atoms with Gasteiger partial charge in [-0.3, -0.25) is 14.2 Å². The first-order chi connectivity index (χ1) is 14.3. The summed E-state index contributed by atoms with van der Waals surface area (Å²) in [6, 6.07) is 14.8. The maximum atomic E-state index is 13.0. The molecule has 0 saturated heterocycles. The standard InChI is InChI=1S/C22H19BrN4O3/c1-13-10-15(23)8-9-17(13)24-20(28)16-12-26(2)19-18(16)25-22(30)27(21(19)29)11-14-6-4-3-5-7-14/h3-10,12H,11H2,1-2H3,(H,24,28)(H,25,30). The van der Waals surface area contributed by atoms with E-state index in [4.69, 9.17) is 0 Å². The summed E-state index contributed by atoms with van der Waals surface area (Å²) in [6.07, 6.45) is 1.55. The van der Waals surface area contributed by atoms with E-state index in [-0.39, 0.29) is 23.1 Å². The average Bonchev–Trinajstić information content (AvgIpc) is 3.04. The highest BCUT2D eigenvalue weighted by molar-refractivity contribution is 9.10. The average molecular weight is 467 g/mol. The summed E-state index contributed by atoms with van der Waals surface area (Å²) in [5.74, 6) is -0.401. The van der Waals surface area contributed by atoms with Crippen molar-refractivity contribution >= 4 is 38.6 Å². The number of nitrogens with one attached hydrogen (secondary N) is 2. The quantitative estimate of drug-likeness (QED) is 0.482. The summed E-state index contributed by atoms with van der Waals surface area (Å²) in [6.45, 7) is 2.03. The Labute approximate surface area is 180 Å². The van der Waals surface area contributed by atoms with Gasteiger partial charge in [0, 0.05) is 23.4 Å². The highest BCUT2D eigenvalue weighted by Crippen LogP contribution is 2.22. The molecule has 4 rings (SSSR count). The van der Waals surface area contributed by atoms with Crippen molar-refractivity contribution in [1.82, 2.24) is 14.1 Å². The summed E-state index contributed by atoms with van der Waals surface area (Å²) in [5, 5.41) is 2.85. The van der Waals surface area contributed by atoms with Crippen molar-refractivity contribution in [3.63, 3.8) is 0 Å². The molecular weight excluding hydrogens is 448 g/mol. The normalized spacial score (nSPS) is 11.0. The number of rotatable bonds is 4. The number of hydrogen-bond acceptors (Lipinski definition) is 3. The molecule has 0 aliphatic carbocycles. The lowest BCUT2D eigenvalue weighted by atomic mass is 10.2. The Kier molecular flexibility index (Phi) is 5.17. The Morgan fingerprint density at radius 1 is 1.13 bits per heavy atom. The Hall–Kier alpha value is -3.39. The van der Waals surface area contributed by atoms with Crippen LogP contribution in [0.5, 0.6) is 0 Å². The SMILES string of the molecule is Cc1cc(Br)ccc1NC(=O)c1cn(C)c2c(=O)n(Cc3ccccc3)c(=O)[nH]c12. The molecule has 2 N–H and O–H groups in total. The summed E-state index contributed by atoms with van der Waals surface area (Å²) < 4.78 is 3.61. The van der Waals surface area contributed by atoms with E-state index in [0.29, 0.717) is 5.69 Å². The van der Waals surface area contributed by atoms with E-state index < -0.39 is 17.2 Å². The third kappa shape index (κ3) is 3.61. The zero-order valence-electron chi connectivity index (χ0n) is 16.4. The van der Waals surface area contributed by atoms with Gasteiger partial charge in [0.05, 0.1) is 17.6 Å². The van der Waals surface area contributed by atoms with Crippen molar-refractivity contribution < 1.29 is 4.79 Å². The molecule has 0 unspecified atom stereocenters. The van der Waals surface area contributed by atoms with Gasteiger partial charge in [-0.25, -0.2) is 4.79 Å². The van der Waals surface area contributed by atoms with Crippen molar-refractivity contribution in [3.8, 4) is 0 Å². The van der Waals surface area contributed by atoms with Gasteiger partial charge in [-0.05, 0) is 36.2 Å². The summed E-state index contributed by atoms with van der Waals surface area (Å²) in [4.78, 5) is 41.3. The van der Waals surface area contributed by atoms with Crippen LogP contribution in [0, 0.1) is 6.92 Å². The Balaban J connectivity index is 1.77. The number of halogens is 1. The van der Waals surface area contributed by atoms with Gasteiger partial charge in [-0.15, -0.1) is 0 Å². The highest BCUT2D eigenvalue weighted by Gasteiger charge is 2.20. The van der Waals surface area contributed by atoms with E-state index in [1.807, 2.05) is 49.4 Å². The fourth-order valence-corrected chi connectivity index (χ4v) is 3.92. The van der Waals surface area contributed by atoms with Crippen LogP contribution >= 0.6 is 15.9 Å². The molecular formula is C22H19BrN4O3. The molecule has 0 radical (unpaired) electrons. The second kappa shape index (κ2) is 7.79. The molecule has 8 heteroatoms. The fraction of sp³-hybridized carbons (Fsp3) is 0.136. The number of carbonyl (C=O) groups is 1. The number of aromatic nitrogens is 3. The topological polar surface area (TPSA) is 88.9 Å². The Bertz CT molecular complexity index is 1380. The van der Waals surface area contributed by atoms with Gasteiger partial charge in [0.15, 0.2) is 0 Å². The monoisotopic (exact) mass is 466 g/mol. The van der Waals surface area contributed by atoms with E-state index in [0.717, 1.165) is 20.2 Å². The van der Waals surface area contributed by atoms with Crippen LogP contribution in [0.3, 0.4) is 0 Å². The molecule has 152 valence electrons. The van der Waals surface area contributed by atoms with Gasteiger partial charge in [0.25, 0.3) is 11.5 Å². The molecule has 2 heterocycles. The smallest absolute Gasteiger partial charge is 0.329 e. The first-order valence-corrected chi connectivity index (χ1v) is 10.1. The molecule has 0 aliphatic heterocycles. The van der Waals surface area contributed by atoms with Crippen molar-refractivity contribution in [3.05, 3.63) is 96.7 Å². The molecule has 2 aromatic heterocycles. The summed E-state index contributed by atoms with van der Waals surface area (Å²) >= 11 is 3.40. The second-order valence-corrected chi connectivity index (χ2v) is 8.01. The minimum absolute atomic E-state index is 0.149. The van der Waals surface area contributed by atoms with Gasteiger partial charge in [0.2, 0.25) is 0 Å². The van der Waals surface area contributed by atoms with Gasteiger partial charge in [-0.2, -0.15) is 0 Å². The Morgan fingerprint density at radius 2 is 1.87 bits per heavy atom. The third-order valence-electron chi connectivity index (χ3n) is 4.97. The lowest BCUT2D eigenvalue weighted by Gasteiger charge is -2.08. The van der Waals surface area contributed by atoms with Crippen LogP contribution in [0.4, 0.5) is 5.69 Å². The first kappa shape index (κ1) is 19.9. The van der Waals surface area contributed by atoms with E-state index in [2.05, 4.69) is 26.2 Å². The Morgan fingerprint density at radius 3 is 2.57 bits per heavy atom. The predicted molar refractivity (Wildman–Crippen MR) is 120 cm³/mol. The molecule has 0 bridgehead atoms. The lowest BCUT2D eigenvalue weighted by Crippen LogP contribution is -2.36. The molecule has 0 aliphatic rings. The number of aryl methyl sites for hydroxylation is 2. The third-order valence-corrected chi connectivity index (χ3v) is 5.46. The van der Waals surface area contributed by atoms with Crippen LogP contribution in [0.2, 0.25) is 0 Å². The zero-order valence-corrected chi connectivity index (χ0v) is 18.0. The minimum Gasteiger partial charge on any atom is -0.344 e. The van der Waals surface area contributed by atoms with Crippen molar-refractivity contribution in [1.29, 1.82) is 0 Å².